The van der Waals surface area contributed by atoms with Gasteiger partial charge in [0.05, 0.1) is 36.0 Å². The number of alkyl halides is 4. The zero-order chi connectivity index (χ0) is 30.4. The van der Waals surface area contributed by atoms with Crippen molar-refractivity contribution in [3.63, 3.8) is 0 Å². The molecular weight excluding hydrogens is 579 g/mol. The Kier molecular flexibility index (Phi) is 8.00. The Morgan fingerprint density at radius 1 is 1.19 bits per heavy atom. The van der Waals surface area contributed by atoms with E-state index in [0.29, 0.717) is 23.5 Å². The Bertz CT molecular complexity index is 1590. The Hall–Kier alpha value is -3.59. The van der Waals surface area contributed by atoms with E-state index in [1.807, 2.05) is 30.2 Å². The van der Waals surface area contributed by atoms with Crippen LogP contribution in [0.3, 0.4) is 0 Å². The molecule has 9 nitrogen and oxygen atoms in total. The molecule has 1 saturated heterocycles. The summed E-state index contributed by atoms with van der Waals surface area (Å²) in [6, 6.07) is 3.13. The molecule has 2 N–H and O–H groups in total. The number of likely N-dealkylation sites (tertiary alicyclic amines) is 1. The number of amides is 1. The summed E-state index contributed by atoms with van der Waals surface area (Å²) in [5.74, 6) is -1.12. The van der Waals surface area contributed by atoms with Crippen LogP contribution in [-0.4, -0.2) is 73.9 Å². The van der Waals surface area contributed by atoms with Crippen LogP contribution in [0.4, 0.5) is 27.6 Å². The second-order valence-corrected chi connectivity index (χ2v) is 12.5. The number of halogens is 5. The molecule has 226 valence electrons. The van der Waals surface area contributed by atoms with Crippen molar-refractivity contribution in [1.29, 1.82) is 0 Å². The number of benzene rings is 1. The maximum Gasteiger partial charge on any atom is 0.394 e. The highest BCUT2D eigenvalue weighted by molar-refractivity contribution is 7.13. The highest BCUT2D eigenvalue weighted by Crippen LogP contribution is 2.34. The van der Waals surface area contributed by atoms with Crippen LogP contribution in [0.15, 0.2) is 30.6 Å². The first-order valence-corrected chi connectivity index (χ1v) is 14.2. The monoisotopic (exact) mass is 610 g/mol. The summed E-state index contributed by atoms with van der Waals surface area (Å²) >= 11 is 0.946. The van der Waals surface area contributed by atoms with E-state index < -0.39 is 30.6 Å². The highest BCUT2D eigenvalue weighted by atomic mass is 32.1. The molecule has 3 aromatic heterocycles. The van der Waals surface area contributed by atoms with Crippen molar-refractivity contribution in [2.75, 3.05) is 25.5 Å². The lowest BCUT2D eigenvalue weighted by Crippen LogP contribution is -2.46. The van der Waals surface area contributed by atoms with Gasteiger partial charge in [0.15, 0.2) is 0 Å². The first-order chi connectivity index (χ1) is 19.7. The second kappa shape index (κ2) is 11.2. The lowest BCUT2D eigenvalue weighted by molar-refractivity contribution is -0.127. The number of nitrogens with one attached hydrogen (secondary N) is 2. The molecule has 1 aliphatic rings. The Balaban J connectivity index is 1.43. The standard InChI is InChI=1S/C27H31F5N8OS/c1-26(2,3)39-8-5-15(13-39)24(41)33-12-22-35-36-25(42-22)40-21(11-27(30,31)32)17-9-16(28)10-20(23(17)37-40)34-19-6-7-38(4)14-18(19)29/h5,8-10,13,18-19,34H,6-7,11-12,14H2,1-4H3,(H,33,41)/t18-,19+/m0/s1. The van der Waals surface area contributed by atoms with Crippen LogP contribution in [-0.2, 0) is 18.5 Å². The van der Waals surface area contributed by atoms with E-state index in [0.717, 1.165) is 28.2 Å². The minimum Gasteiger partial charge on any atom is -0.377 e. The van der Waals surface area contributed by atoms with Crippen LogP contribution in [0.25, 0.3) is 16.0 Å². The van der Waals surface area contributed by atoms with Gasteiger partial charge in [0, 0.05) is 36.4 Å². The van der Waals surface area contributed by atoms with Gasteiger partial charge in [0.25, 0.3) is 5.91 Å². The van der Waals surface area contributed by atoms with Crippen LogP contribution in [0, 0.1) is 5.82 Å². The number of carbonyl (C=O) groups is 1. The fraction of sp³-hybridized carbons (Fsp3) is 0.481. The molecule has 0 spiro atoms. The molecule has 15 heteroatoms. The van der Waals surface area contributed by atoms with Crippen molar-refractivity contribution in [2.24, 2.45) is 0 Å². The minimum atomic E-state index is -4.63. The van der Waals surface area contributed by atoms with Gasteiger partial charge in [0.1, 0.15) is 22.5 Å². The number of rotatable bonds is 7. The average molecular weight is 611 g/mol. The van der Waals surface area contributed by atoms with Crippen molar-refractivity contribution in [1.82, 2.24) is 34.8 Å². The molecule has 1 fully saturated rings. The largest absolute Gasteiger partial charge is 0.394 e. The van der Waals surface area contributed by atoms with Gasteiger partial charge >= 0.3 is 6.18 Å². The first kappa shape index (κ1) is 29.9. The fourth-order valence-electron chi connectivity index (χ4n) is 4.86. The van der Waals surface area contributed by atoms with Gasteiger partial charge in [0.2, 0.25) is 5.13 Å². The number of piperidine rings is 1. The van der Waals surface area contributed by atoms with Crippen LogP contribution < -0.4 is 10.6 Å². The predicted octanol–water partition coefficient (Wildman–Crippen LogP) is 5.06. The fourth-order valence-corrected chi connectivity index (χ4v) is 5.61. The third kappa shape index (κ3) is 6.56. The molecule has 0 radical (unpaired) electrons. The third-order valence-electron chi connectivity index (χ3n) is 7.06. The quantitative estimate of drug-likeness (QED) is 0.284. The Labute approximate surface area is 242 Å². The topological polar surface area (TPSA) is 92.9 Å². The molecule has 1 aliphatic heterocycles. The number of hydrogen-bond donors (Lipinski definition) is 2. The van der Waals surface area contributed by atoms with Gasteiger partial charge in [-0.3, -0.25) is 4.79 Å². The lowest BCUT2D eigenvalue weighted by Gasteiger charge is -2.33. The van der Waals surface area contributed by atoms with Crippen molar-refractivity contribution in [2.45, 2.75) is 64.1 Å². The predicted molar refractivity (Wildman–Crippen MR) is 149 cm³/mol. The van der Waals surface area contributed by atoms with E-state index in [4.69, 9.17) is 0 Å². The van der Waals surface area contributed by atoms with Crippen LogP contribution in [0.1, 0.15) is 48.3 Å². The normalized spacial score (nSPS) is 18.5. The zero-order valence-electron chi connectivity index (χ0n) is 23.5. The summed E-state index contributed by atoms with van der Waals surface area (Å²) < 4.78 is 73.3. The zero-order valence-corrected chi connectivity index (χ0v) is 24.3. The summed E-state index contributed by atoms with van der Waals surface area (Å²) in [6.45, 7) is 6.78. The molecule has 0 bridgehead atoms. The minimum absolute atomic E-state index is 0.0119. The molecule has 0 aliphatic carbocycles. The molecule has 2 atom stereocenters. The van der Waals surface area contributed by atoms with E-state index in [1.165, 1.54) is 0 Å². The van der Waals surface area contributed by atoms with Crippen LogP contribution in [0.5, 0.6) is 0 Å². The van der Waals surface area contributed by atoms with Crippen molar-refractivity contribution < 1.29 is 26.7 Å². The third-order valence-corrected chi connectivity index (χ3v) is 7.96. The second-order valence-electron chi connectivity index (χ2n) is 11.5. The molecule has 5 rings (SSSR count). The number of hydrogen-bond acceptors (Lipinski definition) is 7. The number of nitrogens with zero attached hydrogens (tertiary/aromatic N) is 6. The maximum absolute atomic E-state index is 14.7. The van der Waals surface area contributed by atoms with Gasteiger partial charge in [-0.25, -0.2) is 13.5 Å². The number of anilines is 1. The maximum atomic E-state index is 14.7. The van der Waals surface area contributed by atoms with E-state index in [9.17, 15) is 26.7 Å². The molecule has 0 unspecified atom stereocenters. The van der Waals surface area contributed by atoms with Crippen LogP contribution in [0.2, 0.25) is 0 Å². The van der Waals surface area contributed by atoms with Crippen molar-refractivity contribution >= 4 is 33.8 Å². The van der Waals surface area contributed by atoms with Gasteiger partial charge in [-0.05, 0) is 52.4 Å². The number of aromatic nitrogens is 5. The molecule has 4 aromatic rings. The van der Waals surface area contributed by atoms with E-state index >= 15 is 0 Å². The van der Waals surface area contributed by atoms with Gasteiger partial charge in [-0.1, -0.05) is 11.3 Å². The van der Waals surface area contributed by atoms with Crippen molar-refractivity contribution in [3.8, 4) is 5.13 Å². The summed E-state index contributed by atoms with van der Waals surface area (Å²) in [6.07, 6.45) is -3.34. The van der Waals surface area contributed by atoms with Crippen LogP contribution >= 0.6 is 11.3 Å². The molecule has 42 heavy (non-hydrogen) atoms. The van der Waals surface area contributed by atoms with E-state index in [-0.39, 0.29) is 52.0 Å². The molecular formula is C27H31F5N8OS. The first-order valence-electron chi connectivity index (χ1n) is 13.3. The molecule has 0 saturated carbocycles. The number of carbonyl (C=O) groups excluding carboxylic acids is 1. The Morgan fingerprint density at radius 2 is 1.95 bits per heavy atom. The lowest BCUT2D eigenvalue weighted by atomic mass is 10.0. The van der Waals surface area contributed by atoms with E-state index in [2.05, 4.69) is 25.9 Å². The smallest absolute Gasteiger partial charge is 0.377 e. The summed E-state index contributed by atoms with van der Waals surface area (Å²) in [7, 11) is 1.79. The van der Waals surface area contributed by atoms with Crippen molar-refractivity contribution in [3.05, 3.63) is 52.7 Å². The summed E-state index contributed by atoms with van der Waals surface area (Å²) in [4.78, 5) is 14.5. The molecule has 1 aromatic carbocycles. The molecule has 4 heterocycles. The van der Waals surface area contributed by atoms with Gasteiger partial charge in [-0.2, -0.15) is 18.3 Å². The summed E-state index contributed by atoms with van der Waals surface area (Å²) in [5, 5.41) is 18.4. The summed E-state index contributed by atoms with van der Waals surface area (Å²) in [5.41, 5.74) is 0.0875. The molecule has 1 amide bonds. The Morgan fingerprint density at radius 3 is 2.62 bits per heavy atom. The highest BCUT2D eigenvalue weighted by Gasteiger charge is 2.34. The SMILES string of the molecule is CN1CC[C@@H](Nc2cc(F)cc3c(CC(F)(F)F)n(-c4nnc(CNC(=O)c5ccn(C(C)(C)C)c5)s4)nc23)[C@@H](F)C1. The van der Waals surface area contributed by atoms with Gasteiger partial charge in [-0.15, -0.1) is 10.2 Å². The number of fused-ring (bicyclic) bond motifs is 1. The average Bonchev–Trinajstić information content (AvgIpc) is 3.63. The van der Waals surface area contributed by atoms with E-state index in [1.54, 1.807) is 25.5 Å². The van der Waals surface area contributed by atoms with Gasteiger partial charge < -0.3 is 20.1 Å².